The van der Waals surface area contributed by atoms with E-state index in [2.05, 4.69) is 90.4 Å². The topological polar surface area (TPSA) is 0 Å². The van der Waals surface area contributed by atoms with Crippen molar-refractivity contribution in [2.75, 3.05) is 37.0 Å². The minimum Gasteiger partial charge on any atom is -0.0715 e. The smallest absolute Gasteiger partial charge is 0.0543 e. The van der Waals surface area contributed by atoms with E-state index >= 15 is 0 Å². The molecule has 0 rings (SSSR count). The third-order valence-corrected chi connectivity index (χ3v) is 10.3. The van der Waals surface area contributed by atoms with E-state index in [0.717, 1.165) is 0 Å². The molecular weight excluding hydrogens is 641 g/mol. The second kappa shape index (κ2) is 36.5. The Bertz CT molecular complexity index is 140. The molecule has 0 amide bonds. The first-order chi connectivity index (χ1) is 10.8. The van der Waals surface area contributed by atoms with E-state index < -0.39 is 0 Å². The van der Waals surface area contributed by atoms with Gasteiger partial charge in [0, 0.05) is 29.9 Å². The second-order valence-electron chi connectivity index (χ2n) is 6.18. The van der Waals surface area contributed by atoms with E-state index in [9.17, 15) is 0 Å². The van der Waals surface area contributed by atoms with Gasteiger partial charge in [0.05, 0.1) is 37.0 Å². The van der Waals surface area contributed by atoms with Crippen LogP contribution in [-0.2, 0) is 21.1 Å². The summed E-state index contributed by atoms with van der Waals surface area (Å²) in [6, 6.07) is 0. The zero-order valence-corrected chi connectivity index (χ0v) is 26.2. The van der Waals surface area contributed by atoms with Gasteiger partial charge < -0.3 is 0 Å². The first-order valence-electron chi connectivity index (χ1n) is 9.86. The molecule has 0 aromatic heterocycles. The van der Waals surface area contributed by atoms with E-state index in [0.29, 0.717) is 0 Å². The average molecular weight is 691 g/mol. The molecule has 0 N–H and O–H groups in total. The summed E-state index contributed by atoms with van der Waals surface area (Å²) in [5.74, 6) is 0. The fourth-order valence-corrected chi connectivity index (χ4v) is 5.47. The van der Waals surface area contributed by atoms with Crippen LogP contribution in [0.25, 0.3) is 0 Å². The fourth-order valence-electron chi connectivity index (χ4n) is 1.64. The molecule has 0 heterocycles. The van der Waals surface area contributed by atoms with Crippen LogP contribution in [0.15, 0.2) is 0 Å². The molecule has 0 bridgehead atoms. The Morgan fingerprint density at radius 2 is 0.833 bits per heavy atom. The zero-order chi connectivity index (χ0) is 19.1. The van der Waals surface area contributed by atoms with Gasteiger partial charge in [-0.2, -0.15) is 0 Å². The van der Waals surface area contributed by atoms with Gasteiger partial charge in [0.2, 0.25) is 0 Å². The predicted molar refractivity (Wildman–Crippen MR) is 129 cm³/mol. The molecule has 0 aliphatic carbocycles. The molecule has 24 heavy (non-hydrogen) atoms. The van der Waals surface area contributed by atoms with Crippen LogP contribution >= 0.6 is 15.8 Å². The van der Waals surface area contributed by atoms with Crippen molar-refractivity contribution in [3.05, 3.63) is 0 Å². The first-order valence-corrected chi connectivity index (χ1v) is 18.8. The van der Waals surface area contributed by atoms with Gasteiger partial charge in [-0.25, -0.2) is 0 Å². The molecule has 0 aromatic rings. The average Bonchev–Trinajstić information content (AvgIpc) is 2.52. The van der Waals surface area contributed by atoms with Crippen LogP contribution in [-0.4, -0.2) is 68.1 Å². The van der Waals surface area contributed by atoms with Crippen molar-refractivity contribution >= 4 is 46.9 Å². The van der Waals surface area contributed by atoms with Gasteiger partial charge in [-0.15, -0.1) is 0 Å². The van der Waals surface area contributed by atoms with Crippen molar-refractivity contribution in [3.8, 4) is 0 Å². The van der Waals surface area contributed by atoms with E-state index in [4.69, 9.17) is 0 Å². The Balaban J connectivity index is -0.0000000675. The van der Waals surface area contributed by atoms with Crippen molar-refractivity contribution < 1.29 is 21.1 Å². The van der Waals surface area contributed by atoms with Crippen LogP contribution in [0.5, 0.6) is 0 Å². The monoisotopic (exact) mass is 693 g/mol. The number of unbranched alkanes of at least 4 members (excludes halogenated alkanes) is 1. The summed E-state index contributed by atoms with van der Waals surface area (Å²) in [5, 5.41) is 0. The third kappa shape index (κ3) is 49.7. The Kier molecular flexibility index (Phi) is 56.7. The predicted octanol–water partition coefficient (Wildman–Crippen LogP) is 7.26. The largest absolute Gasteiger partial charge is 0.0715 e. The molecule has 5 heteroatoms. The Labute approximate surface area is 189 Å². The summed E-state index contributed by atoms with van der Waals surface area (Å²) in [5.41, 5.74) is 0. The normalized spacial score (nSPS) is 9.25. The van der Waals surface area contributed by atoms with E-state index in [1.807, 2.05) is 0 Å². The van der Waals surface area contributed by atoms with Crippen LogP contribution in [0.2, 0.25) is 24.1 Å². The number of rotatable bonds is 8. The van der Waals surface area contributed by atoms with Gasteiger partial charge in [0.1, 0.15) is 0 Å². The summed E-state index contributed by atoms with van der Waals surface area (Å²) in [6.45, 7) is 22.9. The summed E-state index contributed by atoms with van der Waals surface area (Å²) in [7, 11) is 0.395. The standard InChI is InChI=1S/2C6H15P.C4H9Te.C3H9Si.Pt/c2*1-4-7(5-2)6-3;1-2-3-4-5;1-4(2)3;/h2*4-6H2,1-3H3;2-4H2,1H3;1-3H3;/p+2. The van der Waals surface area contributed by atoms with Crippen molar-refractivity contribution in [2.45, 2.75) is 85.4 Å². The molecule has 0 fully saturated rings. The zero-order valence-electron chi connectivity index (χ0n) is 18.6. The van der Waals surface area contributed by atoms with Crippen LogP contribution in [0.4, 0.5) is 0 Å². The molecular formula is C19H50P2PtSiTe+2. The second-order valence-corrected chi connectivity index (χ2v) is 17.6. The van der Waals surface area contributed by atoms with E-state index in [1.54, 1.807) is 0 Å². The van der Waals surface area contributed by atoms with Gasteiger partial charge in [-0.3, -0.25) is 0 Å². The molecule has 0 saturated heterocycles. The van der Waals surface area contributed by atoms with Crippen molar-refractivity contribution in [1.29, 1.82) is 0 Å². The molecule has 0 nitrogen and oxygen atoms in total. The maximum atomic E-state index is 2.31. The van der Waals surface area contributed by atoms with Gasteiger partial charge in [0.15, 0.2) is 0 Å². The Morgan fingerprint density at radius 3 is 0.833 bits per heavy atom. The summed E-state index contributed by atoms with van der Waals surface area (Å²) < 4.78 is 1.35. The van der Waals surface area contributed by atoms with Crippen LogP contribution in [0.1, 0.15) is 61.3 Å². The maximum Gasteiger partial charge on any atom is 0.0543 e. The van der Waals surface area contributed by atoms with Crippen LogP contribution in [0.3, 0.4) is 0 Å². The summed E-state index contributed by atoms with van der Waals surface area (Å²) >= 11 is 2.15. The minimum atomic E-state index is 0. The van der Waals surface area contributed by atoms with Gasteiger partial charge in [-0.1, -0.05) is 19.6 Å². The fraction of sp³-hybridized carbons (Fsp3) is 1.00. The van der Waals surface area contributed by atoms with Crippen molar-refractivity contribution in [3.63, 3.8) is 0 Å². The molecule has 0 aliphatic heterocycles. The minimum absolute atomic E-state index is 0. The summed E-state index contributed by atoms with van der Waals surface area (Å²) in [6.07, 6.45) is 11.5. The quantitative estimate of drug-likeness (QED) is 0.186. The number of hydrogen-bond donors (Lipinski definition) is 0. The maximum absolute atomic E-state index is 2.31. The molecule has 0 saturated carbocycles. The molecule has 154 valence electrons. The molecule has 0 aromatic carbocycles. The van der Waals surface area contributed by atoms with Crippen LogP contribution < -0.4 is 0 Å². The van der Waals surface area contributed by atoms with E-state index in [-0.39, 0.29) is 45.7 Å². The molecule has 0 unspecified atom stereocenters. The Morgan fingerprint density at radius 1 is 0.625 bits per heavy atom. The first kappa shape index (κ1) is 37.3. The van der Waals surface area contributed by atoms with E-state index in [1.165, 1.54) is 54.3 Å². The van der Waals surface area contributed by atoms with Gasteiger partial charge >= 0.3 is 46.5 Å². The van der Waals surface area contributed by atoms with Gasteiger partial charge in [-0.05, 0) is 57.4 Å². The van der Waals surface area contributed by atoms with Crippen LogP contribution in [0, 0.1) is 0 Å². The van der Waals surface area contributed by atoms with Gasteiger partial charge in [0.25, 0.3) is 0 Å². The number of hydrogen-bond acceptors (Lipinski definition) is 0. The summed E-state index contributed by atoms with van der Waals surface area (Å²) in [4.78, 5) is 0. The third-order valence-electron chi connectivity index (χ3n) is 3.50. The Hall–Kier alpha value is 2.55. The molecule has 0 spiro atoms. The SMILES string of the molecule is CCCC[Te].CC[PH+](CC)CC.CC[PH+](CC)CC.C[Si](C)C.[Pt]. The molecule has 2 radical (unpaired) electrons. The molecule has 0 atom stereocenters. The van der Waals surface area contributed by atoms with Crippen molar-refractivity contribution in [1.82, 2.24) is 0 Å². The molecule has 0 aliphatic rings. The van der Waals surface area contributed by atoms with Crippen molar-refractivity contribution in [2.24, 2.45) is 0 Å².